The standard InChI is InChI=1S/C25H18ClFN2O5/c1-14(9-25(30)28-17-7-8-21(26)22(10-17)29(31)32)18-11-19-20(15-3-5-16(27)6-4-15)13-34-24(19)12-23(18)33-2/h3-13H,1-2H3,(H,28,30)/b14-9+. The number of nitrogens with zero attached hydrogens (tertiary/aromatic N) is 1. The fourth-order valence-electron chi connectivity index (χ4n) is 3.57. The van der Waals surface area contributed by atoms with Gasteiger partial charge in [0.2, 0.25) is 5.91 Å². The lowest BCUT2D eigenvalue weighted by molar-refractivity contribution is -0.384. The van der Waals surface area contributed by atoms with E-state index in [9.17, 15) is 19.3 Å². The van der Waals surface area contributed by atoms with Crippen molar-refractivity contribution in [3.8, 4) is 16.9 Å². The van der Waals surface area contributed by atoms with Gasteiger partial charge in [-0.3, -0.25) is 14.9 Å². The van der Waals surface area contributed by atoms with E-state index in [-0.39, 0.29) is 22.2 Å². The molecule has 0 saturated heterocycles. The number of nitrogens with one attached hydrogen (secondary N) is 1. The third-order valence-corrected chi connectivity index (χ3v) is 5.55. The molecule has 1 amide bonds. The second kappa shape index (κ2) is 9.36. The van der Waals surface area contributed by atoms with Crippen molar-refractivity contribution in [1.29, 1.82) is 0 Å². The van der Waals surface area contributed by atoms with Crippen molar-refractivity contribution in [1.82, 2.24) is 0 Å². The molecule has 9 heteroatoms. The predicted octanol–water partition coefficient (Wildman–Crippen LogP) is 6.85. The number of carbonyl (C=O) groups excluding carboxylic acids is 1. The van der Waals surface area contributed by atoms with Gasteiger partial charge in [-0.1, -0.05) is 23.7 Å². The monoisotopic (exact) mass is 480 g/mol. The van der Waals surface area contributed by atoms with Crippen LogP contribution in [-0.4, -0.2) is 17.9 Å². The molecule has 0 aliphatic heterocycles. The third-order valence-electron chi connectivity index (χ3n) is 5.23. The minimum atomic E-state index is -0.622. The molecule has 4 rings (SSSR count). The van der Waals surface area contributed by atoms with Gasteiger partial charge in [-0.2, -0.15) is 0 Å². The predicted molar refractivity (Wildman–Crippen MR) is 129 cm³/mol. The highest BCUT2D eigenvalue weighted by molar-refractivity contribution is 6.32. The summed E-state index contributed by atoms with van der Waals surface area (Å²) < 4.78 is 24.5. The van der Waals surface area contributed by atoms with Crippen molar-refractivity contribution in [2.75, 3.05) is 12.4 Å². The molecule has 4 aromatic rings. The molecule has 0 unspecified atom stereocenters. The lowest BCUT2D eigenvalue weighted by atomic mass is 9.99. The molecule has 0 aliphatic rings. The number of hydrogen-bond acceptors (Lipinski definition) is 5. The number of halogens is 2. The number of allylic oxidation sites excluding steroid dienone is 1. The summed E-state index contributed by atoms with van der Waals surface area (Å²) in [6, 6.07) is 13.6. The largest absolute Gasteiger partial charge is 0.496 e. The second-order valence-electron chi connectivity index (χ2n) is 7.44. The van der Waals surface area contributed by atoms with Crippen LogP contribution in [0.1, 0.15) is 12.5 Å². The number of benzene rings is 3. The van der Waals surface area contributed by atoms with Crippen LogP contribution in [0.3, 0.4) is 0 Å². The quantitative estimate of drug-likeness (QED) is 0.185. The highest BCUT2D eigenvalue weighted by Gasteiger charge is 2.16. The molecule has 0 saturated carbocycles. The SMILES string of the molecule is COc1cc2occ(-c3ccc(F)cc3)c2cc1/C(C)=C/C(=O)Nc1ccc(Cl)c([N+](=O)[O-])c1. The van der Waals surface area contributed by atoms with E-state index >= 15 is 0 Å². The van der Waals surface area contributed by atoms with Crippen LogP contribution in [0.4, 0.5) is 15.8 Å². The second-order valence-corrected chi connectivity index (χ2v) is 7.85. The number of amides is 1. The molecule has 172 valence electrons. The topological polar surface area (TPSA) is 94.6 Å². The highest BCUT2D eigenvalue weighted by atomic mass is 35.5. The Kier molecular flexibility index (Phi) is 6.34. The van der Waals surface area contributed by atoms with Crippen LogP contribution in [0, 0.1) is 15.9 Å². The molecular formula is C25H18ClFN2O5. The maximum absolute atomic E-state index is 13.3. The van der Waals surface area contributed by atoms with Crippen molar-refractivity contribution >= 4 is 45.4 Å². The Balaban J connectivity index is 1.68. The van der Waals surface area contributed by atoms with E-state index in [0.717, 1.165) is 16.5 Å². The van der Waals surface area contributed by atoms with Crippen LogP contribution in [0.25, 0.3) is 27.7 Å². The number of fused-ring (bicyclic) bond motifs is 1. The Hall–Kier alpha value is -4.17. The molecule has 0 atom stereocenters. The maximum Gasteiger partial charge on any atom is 0.289 e. The van der Waals surface area contributed by atoms with Crippen LogP contribution >= 0.6 is 11.6 Å². The van der Waals surface area contributed by atoms with Gasteiger partial charge in [-0.15, -0.1) is 0 Å². The van der Waals surface area contributed by atoms with E-state index in [1.165, 1.54) is 43.5 Å². The summed E-state index contributed by atoms with van der Waals surface area (Å²) in [7, 11) is 1.51. The third kappa shape index (κ3) is 4.62. The number of nitro groups is 1. The van der Waals surface area contributed by atoms with Crippen LogP contribution < -0.4 is 10.1 Å². The first kappa shape index (κ1) is 23.0. The summed E-state index contributed by atoms with van der Waals surface area (Å²) in [4.78, 5) is 23.1. The first-order valence-corrected chi connectivity index (χ1v) is 10.4. The smallest absolute Gasteiger partial charge is 0.289 e. The van der Waals surface area contributed by atoms with Crippen LogP contribution in [0.2, 0.25) is 5.02 Å². The van der Waals surface area contributed by atoms with E-state index in [0.29, 0.717) is 22.5 Å². The Morgan fingerprint density at radius 1 is 1.18 bits per heavy atom. The van der Waals surface area contributed by atoms with Crippen molar-refractivity contribution < 1.29 is 23.3 Å². The average molecular weight is 481 g/mol. The van der Waals surface area contributed by atoms with Crippen LogP contribution in [-0.2, 0) is 4.79 Å². The van der Waals surface area contributed by atoms with Gasteiger partial charge in [0.15, 0.2) is 0 Å². The van der Waals surface area contributed by atoms with Crippen LogP contribution in [0.5, 0.6) is 5.75 Å². The summed E-state index contributed by atoms with van der Waals surface area (Å²) in [5.41, 5.74) is 3.29. The van der Waals surface area contributed by atoms with Gasteiger partial charge < -0.3 is 14.5 Å². The molecule has 0 spiro atoms. The lowest BCUT2D eigenvalue weighted by Gasteiger charge is -2.10. The van der Waals surface area contributed by atoms with Gasteiger partial charge >= 0.3 is 0 Å². The van der Waals surface area contributed by atoms with E-state index in [1.54, 1.807) is 31.4 Å². The van der Waals surface area contributed by atoms with Gasteiger partial charge in [-0.05, 0) is 48.4 Å². The molecule has 0 bridgehead atoms. The highest BCUT2D eigenvalue weighted by Crippen LogP contribution is 2.37. The zero-order valence-electron chi connectivity index (χ0n) is 18.1. The van der Waals surface area contributed by atoms with Gasteiger partial charge in [0.1, 0.15) is 22.2 Å². The molecule has 34 heavy (non-hydrogen) atoms. The fraction of sp³-hybridized carbons (Fsp3) is 0.0800. The Morgan fingerprint density at radius 2 is 1.91 bits per heavy atom. The zero-order chi connectivity index (χ0) is 24.4. The number of hydrogen-bond donors (Lipinski definition) is 1. The van der Waals surface area contributed by atoms with Crippen LogP contribution in [0.15, 0.2) is 71.4 Å². The van der Waals surface area contributed by atoms with Gasteiger partial charge in [0.05, 0.1) is 18.3 Å². The summed E-state index contributed by atoms with van der Waals surface area (Å²) in [5.74, 6) is -0.326. The summed E-state index contributed by atoms with van der Waals surface area (Å²) in [5, 5.41) is 14.4. The van der Waals surface area contributed by atoms with E-state index in [1.807, 2.05) is 6.07 Å². The van der Waals surface area contributed by atoms with Gasteiger partial charge in [0, 0.05) is 40.4 Å². The number of methoxy groups -OCH3 is 1. The number of ether oxygens (including phenoxy) is 1. The molecule has 0 radical (unpaired) electrons. The minimum absolute atomic E-state index is 0.0233. The Labute approximate surface area is 198 Å². The normalized spacial score (nSPS) is 11.5. The first-order valence-electron chi connectivity index (χ1n) is 10.1. The van der Waals surface area contributed by atoms with Gasteiger partial charge in [0.25, 0.3) is 5.69 Å². The number of rotatable bonds is 6. The Morgan fingerprint density at radius 3 is 2.59 bits per heavy atom. The molecule has 0 aliphatic carbocycles. The summed E-state index contributed by atoms with van der Waals surface area (Å²) >= 11 is 5.82. The molecular weight excluding hydrogens is 463 g/mol. The molecule has 1 heterocycles. The number of furan rings is 1. The Bertz CT molecular complexity index is 1440. The molecule has 0 fully saturated rings. The first-order chi connectivity index (χ1) is 16.3. The fourth-order valence-corrected chi connectivity index (χ4v) is 3.75. The molecule has 1 aromatic heterocycles. The number of anilines is 1. The summed E-state index contributed by atoms with van der Waals surface area (Å²) in [6.07, 6.45) is 2.95. The van der Waals surface area contributed by atoms with Crippen molar-refractivity contribution in [3.63, 3.8) is 0 Å². The van der Waals surface area contributed by atoms with Crippen molar-refractivity contribution in [2.24, 2.45) is 0 Å². The molecule has 7 nitrogen and oxygen atoms in total. The average Bonchev–Trinajstić information content (AvgIpc) is 3.22. The van der Waals surface area contributed by atoms with Crippen molar-refractivity contribution in [3.05, 3.63) is 93.5 Å². The van der Waals surface area contributed by atoms with E-state index in [2.05, 4.69) is 5.32 Å². The van der Waals surface area contributed by atoms with E-state index < -0.39 is 10.8 Å². The number of carbonyl (C=O) groups is 1. The molecule has 3 aromatic carbocycles. The van der Waals surface area contributed by atoms with Gasteiger partial charge in [-0.25, -0.2) is 4.39 Å². The maximum atomic E-state index is 13.3. The van der Waals surface area contributed by atoms with Crippen molar-refractivity contribution in [2.45, 2.75) is 6.92 Å². The van der Waals surface area contributed by atoms with E-state index in [4.69, 9.17) is 20.8 Å². The minimum Gasteiger partial charge on any atom is -0.496 e. The lowest BCUT2D eigenvalue weighted by Crippen LogP contribution is -2.09. The summed E-state index contributed by atoms with van der Waals surface area (Å²) in [6.45, 7) is 1.74. The molecule has 1 N–H and O–H groups in total. The number of nitro benzene ring substituents is 1. The zero-order valence-corrected chi connectivity index (χ0v) is 18.9.